The molecular weight excluding hydrogens is 324 g/mol. The maximum atomic E-state index is 12.5. The lowest BCUT2D eigenvalue weighted by molar-refractivity contribution is -0.384. The van der Waals surface area contributed by atoms with E-state index in [1.54, 1.807) is 29.6 Å². The maximum absolute atomic E-state index is 12.5. The number of nitro benzene ring substituents is 1. The predicted octanol–water partition coefficient (Wildman–Crippen LogP) is 3.03. The average molecular weight is 338 g/mol. The third kappa shape index (κ3) is 3.59. The Kier molecular flexibility index (Phi) is 5.07. The molecule has 0 atom stereocenters. The highest BCUT2D eigenvalue weighted by molar-refractivity contribution is 7.91. The largest absolute Gasteiger partial charge is 0.269 e. The molecule has 8 heteroatoms. The van der Waals surface area contributed by atoms with Gasteiger partial charge in [0.1, 0.15) is 4.21 Å². The van der Waals surface area contributed by atoms with Crippen LogP contribution in [-0.4, -0.2) is 24.2 Å². The summed E-state index contributed by atoms with van der Waals surface area (Å²) in [5.74, 6) is 0. The van der Waals surface area contributed by atoms with Crippen molar-refractivity contribution in [2.45, 2.75) is 10.8 Å². The topological polar surface area (TPSA) is 80.5 Å². The number of rotatable bonds is 7. The van der Waals surface area contributed by atoms with Gasteiger partial charge < -0.3 is 0 Å². The quantitative estimate of drug-likeness (QED) is 0.441. The molecule has 0 amide bonds. The van der Waals surface area contributed by atoms with Crippen LogP contribution in [0.1, 0.15) is 5.56 Å². The fraction of sp³-hybridized carbons (Fsp3) is 0.143. The van der Waals surface area contributed by atoms with Crippen molar-refractivity contribution in [3.8, 4) is 0 Å². The monoisotopic (exact) mass is 338 g/mol. The lowest BCUT2D eigenvalue weighted by Gasteiger charge is -2.19. The molecule has 0 aliphatic carbocycles. The van der Waals surface area contributed by atoms with E-state index in [1.165, 1.54) is 22.5 Å². The Labute approximate surface area is 132 Å². The third-order valence-corrected chi connectivity index (χ3v) is 6.11. The number of hydrogen-bond acceptors (Lipinski definition) is 5. The number of nitro groups is 1. The molecular formula is C14H14N2O4S2. The van der Waals surface area contributed by atoms with Gasteiger partial charge in [0.15, 0.2) is 0 Å². The van der Waals surface area contributed by atoms with Crippen LogP contribution in [0.15, 0.2) is 58.6 Å². The molecule has 22 heavy (non-hydrogen) atoms. The van der Waals surface area contributed by atoms with Crippen molar-refractivity contribution >= 4 is 27.0 Å². The molecule has 0 saturated carbocycles. The van der Waals surface area contributed by atoms with E-state index in [9.17, 15) is 18.5 Å². The van der Waals surface area contributed by atoms with E-state index in [2.05, 4.69) is 6.58 Å². The highest BCUT2D eigenvalue weighted by Gasteiger charge is 2.24. The van der Waals surface area contributed by atoms with Crippen LogP contribution in [-0.2, 0) is 16.6 Å². The van der Waals surface area contributed by atoms with Gasteiger partial charge in [-0.2, -0.15) is 4.31 Å². The van der Waals surface area contributed by atoms with E-state index in [-0.39, 0.29) is 23.0 Å². The summed E-state index contributed by atoms with van der Waals surface area (Å²) in [6, 6.07) is 9.05. The summed E-state index contributed by atoms with van der Waals surface area (Å²) in [6.45, 7) is 3.88. The summed E-state index contributed by atoms with van der Waals surface area (Å²) < 4.78 is 26.6. The minimum Gasteiger partial charge on any atom is -0.258 e. The highest BCUT2D eigenvalue weighted by atomic mass is 32.2. The Morgan fingerprint density at radius 2 is 1.95 bits per heavy atom. The number of sulfonamides is 1. The molecule has 0 saturated heterocycles. The van der Waals surface area contributed by atoms with E-state index in [4.69, 9.17) is 0 Å². The van der Waals surface area contributed by atoms with Crippen LogP contribution in [0.2, 0.25) is 0 Å². The van der Waals surface area contributed by atoms with Crippen molar-refractivity contribution < 1.29 is 13.3 Å². The van der Waals surface area contributed by atoms with Crippen molar-refractivity contribution in [3.63, 3.8) is 0 Å². The first-order chi connectivity index (χ1) is 10.4. The van der Waals surface area contributed by atoms with E-state index in [0.717, 1.165) is 11.3 Å². The molecule has 0 aliphatic rings. The van der Waals surface area contributed by atoms with E-state index in [1.807, 2.05) is 0 Å². The van der Waals surface area contributed by atoms with Crippen molar-refractivity contribution in [2.75, 3.05) is 6.54 Å². The normalized spacial score (nSPS) is 11.5. The van der Waals surface area contributed by atoms with E-state index >= 15 is 0 Å². The minimum atomic E-state index is -3.60. The van der Waals surface area contributed by atoms with Crippen LogP contribution >= 0.6 is 11.3 Å². The second-order valence-corrected chi connectivity index (χ2v) is 7.55. The lowest BCUT2D eigenvalue weighted by Crippen LogP contribution is -2.30. The molecule has 0 bridgehead atoms. The summed E-state index contributed by atoms with van der Waals surface area (Å²) in [4.78, 5) is 10.1. The molecule has 0 aliphatic heterocycles. The first-order valence-corrected chi connectivity index (χ1v) is 8.65. The predicted molar refractivity (Wildman–Crippen MR) is 85.2 cm³/mol. The van der Waals surface area contributed by atoms with Gasteiger partial charge in [-0.3, -0.25) is 10.1 Å². The number of benzene rings is 1. The number of nitrogens with zero attached hydrogens (tertiary/aromatic N) is 2. The zero-order chi connectivity index (χ0) is 16.2. The van der Waals surface area contributed by atoms with Gasteiger partial charge in [-0.15, -0.1) is 17.9 Å². The van der Waals surface area contributed by atoms with E-state index < -0.39 is 14.9 Å². The van der Waals surface area contributed by atoms with Gasteiger partial charge in [0.2, 0.25) is 0 Å². The van der Waals surface area contributed by atoms with Crippen molar-refractivity contribution in [1.29, 1.82) is 0 Å². The smallest absolute Gasteiger partial charge is 0.258 e. The Morgan fingerprint density at radius 1 is 1.27 bits per heavy atom. The Hall–Kier alpha value is -2.03. The van der Waals surface area contributed by atoms with Crippen LogP contribution in [0.5, 0.6) is 0 Å². The van der Waals surface area contributed by atoms with Gasteiger partial charge in [-0.05, 0) is 17.0 Å². The van der Waals surface area contributed by atoms with Crippen LogP contribution < -0.4 is 0 Å². The molecule has 0 fully saturated rings. The molecule has 0 radical (unpaired) electrons. The summed E-state index contributed by atoms with van der Waals surface area (Å²) in [5, 5.41) is 12.3. The minimum absolute atomic E-state index is 0.0277. The van der Waals surface area contributed by atoms with Crippen molar-refractivity contribution in [1.82, 2.24) is 4.31 Å². The number of thiophene rings is 1. The molecule has 1 heterocycles. The molecule has 1 aromatic carbocycles. The first-order valence-electron chi connectivity index (χ1n) is 6.33. The number of non-ortho nitro benzene ring substituents is 1. The summed E-state index contributed by atoms with van der Waals surface area (Å²) >= 11 is 1.15. The van der Waals surface area contributed by atoms with Crippen molar-refractivity contribution in [3.05, 3.63) is 70.1 Å². The summed E-state index contributed by atoms with van der Waals surface area (Å²) in [5.41, 5.74) is 0.646. The molecule has 0 spiro atoms. The fourth-order valence-electron chi connectivity index (χ4n) is 1.86. The third-order valence-electron chi connectivity index (χ3n) is 2.93. The van der Waals surface area contributed by atoms with Gasteiger partial charge in [0.25, 0.3) is 15.7 Å². The highest BCUT2D eigenvalue weighted by Crippen LogP contribution is 2.23. The molecule has 6 nitrogen and oxygen atoms in total. The molecule has 0 unspecified atom stereocenters. The van der Waals surface area contributed by atoms with Gasteiger partial charge in [0, 0.05) is 25.2 Å². The van der Waals surface area contributed by atoms with E-state index in [0.29, 0.717) is 5.56 Å². The summed E-state index contributed by atoms with van der Waals surface area (Å²) in [7, 11) is -3.60. The Morgan fingerprint density at radius 3 is 2.45 bits per heavy atom. The second-order valence-electron chi connectivity index (χ2n) is 4.44. The Bertz CT molecular complexity index is 753. The Balaban J connectivity index is 2.25. The van der Waals surface area contributed by atoms with Gasteiger partial charge in [-0.25, -0.2) is 8.42 Å². The maximum Gasteiger partial charge on any atom is 0.269 e. The van der Waals surface area contributed by atoms with Crippen LogP contribution in [0.4, 0.5) is 5.69 Å². The van der Waals surface area contributed by atoms with Crippen LogP contribution in [0, 0.1) is 10.1 Å². The number of hydrogen-bond donors (Lipinski definition) is 0. The van der Waals surface area contributed by atoms with Gasteiger partial charge in [0.05, 0.1) is 4.92 Å². The zero-order valence-corrected chi connectivity index (χ0v) is 13.2. The fourth-order valence-corrected chi connectivity index (χ4v) is 4.40. The first kappa shape index (κ1) is 16.3. The molecule has 116 valence electrons. The molecule has 2 aromatic rings. The second kappa shape index (κ2) is 6.82. The summed E-state index contributed by atoms with van der Waals surface area (Å²) in [6.07, 6.45) is 1.51. The van der Waals surface area contributed by atoms with Gasteiger partial charge in [-0.1, -0.05) is 24.3 Å². The van der Waals surface area contributed by atoms with Crippen molar-refractivity contribution in [2.24, 2.45) is 0 Å². The zero-order valence-electron chi connectivity index (χ0n) is 11.6. The molecule has 1 aromatic heterocycles. The van der Waals surface area contributed by atoms with Crippen LogP contribution in [0.3, 0.4) is 0 Å². The molecule has 0 N–H and O–H groups in total. The standard InChI is InChI=1S/C14H14N2O4S2/c1-2-9-15(22(19,20)14-4-3-10-21-14)11-12-5-7-13(8-6-12)16(17)18/h2-8,10H,1,9,11H2. The SMILES string of the molecule is C=CCN(Cc1ccc([N+](=O)[O-])cc1)S(=O)(=O)c1cccs1. The average Bonchev–Trinajstić information content (AvgIpc) is 3.02. The molecule has 2 rings (SSSR count). The van der Waals surface area contributed by atoms with Crippen LogP contribution in [0.25, 0.3) is 0 Å². The van der Waals surface area contributed by atoms with Gasteiger partial charge >= 0.3 is 0 Å². The lowest BCUT2D eigenvalue weighted by atomic mass is 10.2.